The van der Waals surface area contributed by atoms with Crippen molar-refractivity contribution in [3.8, 4) is 5.75 Å². The number of ether oxygens (including phenoxy) is 1. The molecule has 20 heavy (non-hydrogen) atoms. The van der Waals surface area contributed by atoms with E-state index in [9.17, 15) is 0 Å². The average Bonchev–Trinajstić information content (AvgIpc) is 2.44. The van der Waals surface area contributed by atoms with E-state index in [4.69, 9.17) is 26.6 Å². The van der Waals surface area contributed by atoms with Crippen molar-refractivity contribution in [3.63, 3.8) is 0 Å². The molecule has 0 aliphatic carbocycles. The van der Waals surface area contributed by atoms with Crippen LogP contribution in [0.2, 0.25) is 5.02 Å². The second-order valence-electron chi connectivity index (χ2n) is 4.85. The molecule has 0 amide bonds. The van der Waals surface area contributed by atoms with Gasteiger partial charge in [0, 0.05) is 36.8 Å². The Balaban J connectivity index is 2.05. The molecule has 0 aromatic heterocycles. The normalized spacial score (nSPS) is 13.9. The van der Waals surface area contributed by atoms with Gasteiger partial charge in [0.05, 0.1) is 6.61 Å². The lowest BCUT2D eigenvalue weighted by Crippen LogP contribution is -2.32. The molecule has 1 aromatic carbocycles. The van der Waals surface area contributed by atoms with Gasteiger partial charge in [-0.25, -0.2) is 0 Å². The molecule has 0 atom stereocenters. The minimum absolute atomic E-state index is 0.113. The molecule has 5 heteroatoms. The molecule has 0 saturated carbocycles. The first-order chi connectivity index (χ1) is 9.72. The molecule has 2 rings (SSSR count). The molecule has 2 N–H and O–H groups in total. The summed E-state index contributed by atoms with van der Waals surface area (Å²) >= 11 is 5.99. The highest BCUT2D eigenvalue weighted by molar-refractivity contribution is 6.30. The number of fused-ring (bicyclic) bond motifs is 1. The molecule has 0 saturated heterocycles. The Morgan fingerprint density at radius 2 is 2.05 bits per heavy atom. The second-order valence-corrected chi connectivity index (χ2v) is 5.29. The molecule has 0 bridgehead atoms. The summed E-state index contributed by atoms with van der Waals surface area (Å²) in [5, 5.41) is 18.7. The fraction of sp³-hybridized carbons (Fsp3) is 0.467. The lowest BCUT2D eigenvalue weighted by molar-refractivity contribution is 0.184. The van der Waals surface area contributed by atoms with E-state index in [-0.39, 0.29) is 13.2 Å². The van der Waals surface area contributed by atoms with Gasteiger partial charge in [0.15, 0.2) is 0 Å². The van der Waals surface area contributed by atoms with E-state index in [1.807, 2.05) is 18.2 Å². The molecule has 0 spiro atoms. The molecular formula is C15H20ClNO3. The zero-order chi connectivity index (χ0) is 14.4. The Bertz CT molecular complexity index is 476. The highest BCUT2D eigenvalue weighted by Gasteiger charge is 2.14. The van der Waals surface area contributed by atoms with E-state index in [0.29, 0.717) is 24.6 Å². The summed E-state index contributed by atoms with van der Waals surface area (Å²) in [6.07, 6.45) is 2.80. The fourth-order valence-electron chi connectivity index (χ4n) is 2.28. The standard InChI is InChI=1S/C15H20ClNO3/c16-14-2-3-15-13(9-14)8-12(11-20-15)10-17(5-7-19)4-1-6-18/h2-3,8-9,18-19H,1,4-7,10-11H2. The number of halogens is 1. The number of hydrogen-bond donors (Lipinski definition) is 2. The van der Waals surface area contributed by atoms with Crippen LogP contribution in [0.4, 0.5) is 0 Å². The van der Waals surface area contributed by atoms with Crippen LogP contribution in [0.25, 0.3) is 6.08 Å². The van der Waals surface area contributed by atoms with Crippen LogP contribution >= 0.6 is 11.6 Å². The van der Waals surface area contributed by atoms with Gasteiger partial charge in [-0.1, -0.05) is 11.6 Å². The molecule has 0 unspecified atom stereocenters. The average molecular weight is 298 g/mol. The summed E-state index contributed by atoms with van der Waals surface area (Å²) in [5.41, 5.74) is 2.14. The van der Waals surface area contributed by atoms with Crippen molar-refractivity contribution >= 4 is 17.7 Å². The third-order valence-corrected chi connectivity index (χ3v) is 3.46. The van der Waals surface area contributed by atoms with Crippen molar-refractivity contribution in [1.82, 2.24) is 4.90 Å². The van der Waals surface area contributed by atoms with E-state index in [2.05, 4.69) is 11.0 Å². The lowest BCUT2D eigenvalue weighted by atomic mass is 10.1. The zero-order valence-electron chi connectivity index (χ0n) is 11.4. The number of aliphatic hydroxyl groups is 2. The predicted molar refractivity (Wildman–Crippen MR) is 80.2 cm³/mol. The first-order valence-corrected chi connectivity index (χ1v) is 7.16. The highest BCUT2D eigenvalue weighted by atomic mass is 35.5. The maximum atomic E-state index is 9.09. The molecular weight excluding hydrogens is 278 g/mol. The third kappa shape index (κ3) is 4.21. The summed E-state index contributed by atoms with van der Waals surface area (Å²) in [6.45, 7) is 2.91. The fourth-order valence-corrected chi connectivity index (χ4v) is 2.46. The number of rotatable bonds is 7. The highest BCUT2D eigenvalue weighted by Crippen LogP contribution is 2.29. The SMILES string of the molecule is OCCCN(CCO)CC1=Cc2cc(Cl)ccc2OC1. The van der Waals surface area contributed by atoms with E-state index in [1.165, 1.54) is 0 Å². The Morgan fingerprint density at radius 3 is 2.80 bits per heavy atom. The molecule has 110 valence electrons. The van der Waals surface area contributed by atoms with Gasteiger partial charge in [-0.2, -0.15) is 0 Å². The number of hydrogen-bond acceptors (Lipinski definition) is 4. The lowest BCUT2D eigenvalue weighted by Gasteiger charge is -2.25. The molecule has 4 nitrogen and oxygen atoms in total. The monoisotopic (exact) mass is 297 g/mol. The topological polar surface area (TPSA) is 52.9 Å². The number of nitrogens with zero attached hydrogens (tertiary/aromatic N) is 1. The quantitative estimate of drug-likeness (QED) is 0.806. The van der Waals surface area contributed by atoms with Crippen LogP contribution < -0.4 is 4.74 Å². The summed E-state index contributed by atoms with van der Waals surface area (Å²) in [6, 6.07) is 5.58. The van der Waals surface area contributed by atoms with Crippen LogP contribution in [0.5, 0.6) is 5.75 Å². The largest absolute Gasteiger partial charge is 0.489 e. The minimum atomic E-state index is 0.113. The van der Waals surface area contributed by atoms with E-state index < -0.39 is 0 Å². The Kier molecular flexibility index (Phi) is 5.86. The van der Waals surface area contributed by atoms with Crippen molar-refractivity contribution < 1.29 is 14.9 Å². The Morgan fingerprint density at radius 1 is 1.20 bits per heavy atom. The molecule has 1 aliphatic heterocycles. The van der Waals surface area contributed by atoms with Crippen LogP contribution in [0.1, 0.15) is 12.0 Å². The van der Waals surface area contributed by atoms with Crippen molar-refractivity contribution in [3.05, 3.63) is 34.4 Å². The number of benzene rings is 1. The van der Waals surface area contributed by atoms with Crippen molar-refractivity contribution in [2.45, 2.75) is 6.42 Å². The third-order valence-electron chi connectivity index (χ3n) is 3.22. The molecule has 0 radical (unpaired) electrons. The van der Waals surface area contributed by atoms with Gasteiger partial charge < -0.3 is 14.9 Å². The summed E-state index contributed by atoms with van der Waals surface area (Å²) < 4.78 is 5.71. The van der Waals surface area contributed by atoms with Crippen molar-refractivity contribution in [2.75, 3.05) is 39.5 Å². The van der Waals surface area contributed by atoms with Crippen molar-refractivity contribution in [2.24, 2.45) is 0 Å². The smallest absolute Gasteiger partial charge is 0.127 e. The molecule has 1 aromatic rings. The molecule has 0 fully saturated rings. The van der Waals surface area contributed by atoms with Gasteiger partial charge in [0.25, 0.3) is 0 Å². The van der Waals surface area contributed by atoms with Gasteiger partial charge in [-0.3, -0.25) is 4.90 Å². The zero-order valence-corrected chi connectivity index (χ0v) is 12.1. The van der Waals surface area contributed by atoms with Crippen LogP contribution in [0.15, 0.2) is 23.8 Å². The van der Waals surface area contributed by atoms with Gasteiger partial charge >= 0.3 is 0 Å². The van der Waals surface area contributed by atoms with Gasteiger partial charge in [-0.05, 0) is 36.3 Å². The first kappa shape index (κ1) is 15.3. The van der Waals surface area contributed by atoms with Crippen LogP contribution in [-0.2, 0) is 0 Å². The predicted octanol–water partition coefficient (Wildman–Crippen LogP) is 1.79. The van der Waals surface area contributed by atoms with E-state index in [1.54, 1.807) is 0 Å². The van der Waals surface area contributed by atoms with Gasteiger partial charge in [0.1, 0.15) is 12.4 Å². The van der Waals surface area contributed by atoms with Crippen molar-refractivity contribution in [1.29, 1.82) is 0 Å². The second kappa shape index (κ2) is 7.64. The van der Waals surface area contributed by atoms with E-state index >= 15 is 0 Å². The Labute approximate surface area is 124 Å². The Hall–Kier alpha value is -1.07. The molecule has 1 heterocycles. The van der Waals surface area contributed by atoms with Crippen LogP contribution in [0, 0.1) is 0 Å². The summed E-state index contributed by atoms with van der Waals surface area (Å²) in [5.74, 6) is 0.849. The first-order valence-electron chi connectivity index (χ1n) is 6.79. The maximum Gasteiger partial charge on any atom is 0.127 e. The van der Waals surface area contributed by atoms with Gasteiger partial charge in [0.2, 0.25) is 0 Å². The summed E-state index contributed by atoms with van der Waals surface area (Å²) in [7, 11) is 0. The van der Waals surface area contributed by atoms with Crippen LogP contribution in [0.3, 0.4) is 0 Å². The maximum absolute atomic E-state index is 9.09. The minimum Gasteiger partial charge on any atom is -0.489 e. The number of aliphatic hydroxyl groups excluding tert-OH is 2. The molecule has 1 aliphatic rings. The van der Waals surface area contributed by atoms with Crippen LogP contribution in [-0.4, -0.2) is 54.6 Å². The van der Waals surface area contributed by atoms with E-state index in [0.717, 1.165) is 30.0 Å². The van der Waals surface area contributed by atoms with Gasteiger partial charge in [-0.15, -0.1) is 0 Å². The summed E-state index contributed by atoms with van der Waals surface area (Å²) in [4.78, 5) is 2.11.